The second-order valence-corrected chi connectivity index (χ2v) is 3.04. The number of hydrogen-bond donors (Lipinski definition) is 1. The highest BCUT2D eigenvalue weighted by molar-refractivity contribution is 5.86. The summed E-state index contributed by atoms with van der Waals surface area (Å²) < 4.78 is 5.10. The molecular weight excluding hydrogens is 192 g/mol. The minimum Gasteiger partial charge on any atom is -0.481 e. The van der Waals surface area contributed by atoms with Crippen molar-refractivity contribution < 1.29 is 9.53 Å². The van der Waals surface area contributed by atoms with Crippen LogP contribution >= 0.6 is 0 Å². The van der Waals surface area contributed by atoms with Gasteiger partial charge in [-0.2, -0.15) is 0 Å². The molecule has 1 aromatic heterocycles. The number of nitrogens with zero attached hydrogens (tertiary/aromatic N) is 1. The number of carbonyl (C=O) groups is 1. The maximum Gasteiger partial charge on any atom is 0.243 e. The average Bonchev–Trinajstić information content (AvgIpc) is 2.26. The van der Waals surface area contributed by atoms with Gasteiger partial charge in [-0.05, 0) is 19.1 Å². The molecule has 0 radical (unpaired) electrons. The van der Waals surface area contributed by atoms with E-state index in [4.69, 9.17) is 4.74 Å². The maximum atomic E-state index is 11.0. The first-order valence-corrected chi connectivity index (χ1v) is 4.58. The van der Waals surface area contributed by atoms with Crippen LogP contribution in [0.1, 0.15) is 11.3 Å². The zero-order chi connectivity index (χ0) is 11.3. The number of ether oxygens (including phenoxy) is 1. The van der Waals surface area contributed by atoms with Crippen LogP contribution in [-0.2, 0) is 11.3 Å². The Morgan fingerprint density at radius 1 is 1.67 bits per heavy atom. The lowest BCUT2D eigenvalue weighted by Crippen LogP contribution is -2.20. The van der Waals surface area contributed by atoms with Crippen molar-refractivity contribution in [2.45, 2.75) is 13.5 Å². The number of hydrogen-bond acceptors (Lipinski definition) is 3. The van der Waals surface area contributed by atoms with Crippen LogP contribution < -0.4 is 10.1 Å². The third-order valence-corrected chi connectivity index (χ3v) is 1.91. The number of aryl methyl sites for hydroxylation is 1. The molecule has 0 aliphatic heterocycles. The molecule has 0 aliphatic rings. The molecule has 0 spiro atoms. The van der Waals surface area contributed by atoms with Gasteiger partial charge in [-0.15, -0.1) is 0 Å². The van der Waals surface area contributed by atoms with E-state index < -0.39 is 0 Å². The van der Waals surface area contributed by atoms with E-state index in [-0.39, 0.29) is 5.91 Å². The molecule has 0 atom stereocenters. The summed E-state index contributed by atoms with van der Waals surface area (Å²) >= 11 is 0. The lowest BCUT2D eigenvalue weighted by atomic mass is 10.2. The summed E-state index contributed by atoms with van der Waals surface area (Å²) in [4.78, 5) is 15.2. The van der Waals surface area contributed by atoms with E-state index >= 15 is 0 Å². The van der Waals surface area contributed by atoms with Gasteiger partial charge < -0.3 is 10.1 Å². The van der Waals surface area contributed by atoms with Crippen LogP contribution in [0.2, 0.25) is 0 Å². The third kappa shape index (κ3) is 3.09. The molecule has 1 aromatic rings. The van der Waals surface area contributed by atoms with Gasteiger partial charge in [0.15, 0.2) is 0 Å². The smallest absolute Gasteiger partial charge is 0.243 e. The molecule has 0 aromatic carbocycles. The van der Waals surface area contributed by atoms with E-state index in [9.17, 15) is 4.79 Å². The van der Waals surface area contributed by atoms with Gasteiger partial charge in [0, 0.05) is 17.8 Å². The predicted octanol–water partition coefficient (Wildman–Crippen LogP) is 1.20. The van der Waals surface area contributed by atoms with Crippen molar-refractivity contribution in [1.29, 1.82) is 0 Å². The first-order valence-electron chi connectivity index (χ1n) is 4.58. The van der Waals surface area contributed by atoms with Crippen LogP contribution in [0.5, 0.6) is 5.88 Å². The Hall–Kier alpha value is -1.84. The number of amides is 1. The fourth-order valence-corrected chi connectivity index (χ4v) is 1.13. The topological polar surface area (TPSA) is 51.2 Å². The van der Waals surface area contributed by atoms with Crippen molar-refractivity contribution in [3.8, 4) is 5.88 Å². The van der Waals surface area contributed by atoms with Gasteiger partial charge in [0.1, 0.15) is 0 Å². The molecule has 15 heavy (non-hydrogen) atoms. The van der Waals surface area contributed by atoms with Crippen LogP contribution in [-0.4, -0.2) is 18.0 Å². The van der Waals surface area contributed by atoms with Crippen molar-refractivity contribution in [2.24, 2.45) is 0 Å². The maximum absolute atomic E-state index is 11.0. The van der Waals surface area contributed by atoms with Crippen LogP contribution in [0.4, 0.5) is 0 Å². The van der Waals surface area contributed by atoms with Crippen molar-refractivity contribution in [2.75, 3.05) is 7.11 Å². The van der Waals surface area contributed by atoms with Crippen LogP contribution in [0.15, 0.2) is 24.8 Å². The molecule has 0 saturated heterocycles. The van der Waals surface area contributed by atoms with Crippen molar-refractivity contribution >= 4 is 5.91 Å². The van der Waals surface area contributed by atoms with E-state index in [0.29, 0.717) is 12.4 Å². The number of pyridine rings is 1. The number of carbonyl (C=O) groups excluding carboxylic acids is 1. The van der Waals surface area contributed by atoms with E-state index in [1.165, 1.54) is 6.08 Å². The van der Waals surface area contributed by atoms with E-state index in [0.717, 1.165) is 11.3 Å². The Kier molecular flexibility index (Phi) is 3.85. The highest BCUT2D eigenvalue weighted by Gasteiger charge is 2.05. The Morgan fingerprint density at radius 3 is 3.00 bits per heavy atom. The molecule has 0 unspecified atom stereocenters. The molecule has 4 heteroatoms. The molecule has 1 N–H and O–H groups in total. The normalized spacial score (nSPS) is 9.47. The number of aromatic nitrogens is 1. The quantitative estimate of drug-likeness (QED) is 0.753. The highest BCUT2D eigenvalue weighted by Crippen LogP contribution is 2.14. The number of nitrogens with one attached hydrogen (secondary N) is 1. The number of methoxy groups -OCH3 is 1. The molecule has 0 bridgehead atoms. The molecule has 4 nitrogen and oxygen atoms in total. The zero-order valence-electron chi connectivity index (χ0n) is 8.91. The molecule has 80 valence electrons. The lowest BCUT2D eigenvalue weighted by Gasteiger charge is -2.08. The standard InChI is InChI=1S/C11H14N2O2/c1-4-10(14)12-7-9-6-5-8(2)13-11(9)15-3/h4-6H,1,7H2,2-3H3,(H,12,14). The number of rotatable bonds is 4. The SMILES string of the molecule is C=CC(=O)NCc1ccc(C)nc1OC. The van der Waals surface area contributed by atoms with Gasteiger partial charge in [0.25, 0.3) is 0 Å². The van der Waals surface area contributed by atoms with E-state index in [1.807, 2.05) is 19.1 Å². The second-order valence-electron chi connectivity index (χ2n) is 3.04. The Morgan fingerprint density at radius 2 is 2.40 bits per heavy atom. The van der Waals surface area contributed by atoms with Gasteiger partial charge in [0.2, 0.25) is 11.8 Å². The first-order chi connectivity index (χ1) is 7.17. The summed E-state index contributed by atoms with van der Waals surface area (Å²) in [5.41, 5.74) is 1.73. The van der Waals surface area contributed by atoms with Gasteiger partial charge in [-0.1, -0.05) is 12.6 Å². The summed E-state index contributed by atoms with van der Waals surface area (Å²) in [5, 5.41) is 2.67. The minimum atomic E-state index is -0.211. The fraction of sp³-hybridized carbons (Fsp3) is 0.273. The molecular formula is C11H14N2O2. The largest absolute Gasteiger partial charge is 0.481 e. The van der Waals surface area contributed by atoms with Gasteiger partial charge in [-0.3, -0.25) is 4.79 Å². The Balaban J connectivity index is 2.76. The van der Waals surface area contributed by atoms with Crippen LogP contribution in [0.3, 0.4) is 0 Å². The fourth-order valence-electron chi connectivity index (χ4n) is 1.13. The Bertz CT molecular complexity index is 375. The zero-order valence-corrected chi connectivity index (χ0v) is 8.91. The first kappa shape index (κ1) is 11.2. The molecule has 1 heterocycles. The van der Waals surface area contributed by atoms with Crippen LogP contribution in [0, 0.1) is 6.92 Å². The van der Waals surface area contributed by atoms with Crippen LogP contribution in [0.25, 0.3) is 0 Å². The second kappa shape index (κ2) is 5.14. The highest BCUT2D eigenvalue weighted by atomic mass is 16.5. The molecule has 1 amide bonds. The Labute approximate surface area is 89.0 Å². The van der Waals surface area contributed by atoms with Gasteiger partial charge in [0.05, 0.1) is 7.11 Å². The summed E-state index contributed by atoms with van der Waals surface area (Å²) in [6, 6.07) is 3.75. The summed E-state index contributed by atoms with van der Waals surface area (Å²) in [6.07, 6.45) is 1.23. The van der Waals surface area contributed by atoms with Crippen molar-refractivity contribution in [3.63, 3.8) is 0 Å². The summed E-state index contributed by atoms with van der Waals surface area (Å²) in [7, 11) is 1.56. The minimum absolute atomic E-state index is 0.211. The third-order valence-electron chi connectivity index (χ3n) is 1.91. The molecule has 0 aliphatic carbocycles. The molecule has 0 saturated carbocycles. The summed E-state index contributed by atoms with van der Waals surface area (Å²) in [6.45, 7) is 5.64. The average molecular weight is 206 g/mol. The molecule has 0 fully saturated rings. The van der Waals surface area contributed by atoms with Crippen molar-refractivity contribution in [1.82, 2.24) is 10.3 Å². The van der Waals surface area contributed by atoms with Gasteiger partial charge in [-0.25, -0.2) is 4.98 Å². The monoisotopic (exact) mass is 206 g/mol. The molecule has 1 rings (SSSR count). The van der Waals surface area contributed by atoms with E-state index in [2.05, 4.69) is 16.9 Å². The lowest BCUT2D eigenvalue weighted by molar-refractivity contribution is -0.116. The van der Waals surface area contributed by atoms with Crippen molar-refractivity contribution in [3.05, 3.63) is 36.0 Å². The summed E-state index contributed by atoms with van der Waals surface area (Å²) in [5.74, 6) is 0.331. The van der Waals surface area contributed by atoms with E-state index in [1.54, 1.807) is 7.11 Å². The predicted molar refractivity (Wildman–Crippen MR) is 57.6 cm³/mol. The van der Waals surface area contributed by atoms with Gasteiger partial charge >= 0.3 is 0 Å².